The van der Waals surface area contributed by atoms with Crippen molar-refractivity contribution in [3.63, 3.8) is 0 Å². The van der Waals surface area contributed by atoms with Crippen molar-refractivity contribution in [3.05, 3.63) is 70.1 Å². The lowest BCUT2D eigenvalue weighted by atomic mass is 10.1. The summed E-state index contributed by atoms with van der Waals surface area (Å²) in [4.78, 5) is 15.2. The molecule has 9 heteroatoms. The molecule has 3 aromatic rings. The Kier molecular flexibility index (Phi) is 5.87. The van der Waals surface area contributed by atoms with E-state index in [0.717, 1.165) is 23.9 Å². The lowest BCUT2D eigenvalue weighted by molar-refractivity contribution is -0.137. The highest BCUT2D eigenvalue weighted by molar-refractivity contribution is 7.99. The zero-order valence-electron chi connectivity index (χ0n) is 14.1. The summed E-state index contributed by atoms with van der Waals surface area (Å²) in [6, 6.07) is 8.07. The molecule has 0 aliphatic carbocycles. The van der Waals surface area contributed by atoms with Gasteiger partial charge in [-0.05, 0) is 36.3 Å². The number of benzene rings is 1. The topological polar surface area (TPSA) is 54.6 Å². The number of hydrogen-bond donors (Lipinski definition) is 1. The molecule has 0 fully saturated rings. The summed E-state index contributed by atoms with van der Waals surface area (Å²) in [5, 5.41) is 9.24. The number of pyridine rings is 1. The summed E-state index contributed by atoms with van der Waals surface area (Å²) in [6.07, 6.45) is -2.85. The van der Waals surface area contributed by atoms with Gasteiger partial charge in [-0.2, -0.15) is 13.2 Å². The quantitative estimate of drug-likeness (QED) is 0.615. The minimum atomic E-state index is -4.45. The maximum absolute atomic E-state index is 12.9. The van der Waals surface area contributed by atoms with E-state index in [9.17, 15) is 18.0 Å². The number of hydrogen-bond acceptors (Lipinski definition) is 3. The Bertz CT molecular complexity index is 1100. The molecule has 1 N–H and O–H groups in total. The third-order valence-electron chi connectivity index (χ3n) is 3.63. The Hall–Kier alpha value is -2.63. The van der Waals surface area contributed by atoms with E-state index in [-0.39, 0.29) is 17.1 Å². The Balaban J connectivity index is 2.01. The second-order valence-electron chi connectivity index (χ2n) is 5.70. The number of carbonyl (C=O) groups is 1. The molecule has 0 radical (unpaired) electrons. The molecule has 0 aliphatic rings. The molecule has 0 aliphatic heterocycles. The number of fused-ring (bicyclic) bond motifs is 1. The highest BCUT2D eigenvalue weighted by atomic mass is 35.5. The van der Waals surface area contributed by atoms with Gasteiger partial charge >= 0.3 is 12.1 Å². The van der Waals surface area contributed by atoms with Crippen molar-refractivity contribution in [2.45, 2.75) is 11.9 Å². The average Bonchev–Trinajstić information content (AvgIpc) is 2.96. The first kappa shape index (κ1) is 20.1. The van der Waals surface area contributed by atoms with Crippen molar-refractivity contribution in [3.8, 4) is 11.8 Å². The smallest absolute Gasteiger partial charge is 0.416 e. The van der Waals surface area contributed by atoms with Gasteiger partial charge in [0.25, 0.3) is 0 Å². The number of rotatable bonds is 4. The lowest BCUT2D eigenvalue weighted by Gasteiger charge is -2.05. The lowest BCUT2D eigenvalue weighted by Crippen LogP contribution is -2.04. The van der Waals surface area contributed by atoms with E-state index in [1.807, 2.05) is 0 Å². The minimum absolute atomic E-state index is 0.102. The maximum atomic E-state index is 12.9. The third-order valence-corrected chi connectivity index (χ3v) is 4.79. The molecule has 0 amide bonds. The fourth-order valence-electron chi connectivity index (χ4n) is 2.44. The molecule has 28 heavy (non-hydrogen) atoms. The second-order valence-corrected chi connectivity index (χ2v) is 7.12. The van der Waals surface area contributed by atoms with Crippen LogP contribution in [0.3, 0.4) is 0 Å². The predicted octanol–water partition coefficient (Wildman–Crippen LogP) is 4.72. The molecule has 144 valence electrons. The molecule has 2 heterocycles. The summed E-state index contributed by atoms with van der Waals surface area (Å²) in [7, 11) is 0. The number of thioether (sulfide) groups is 1. The van der Waals surface area contributed by atoms with Gasteiger partial charge < -0.3 is 5.11 Å². The van der Waals surface area contributed by atoms with Gasteiger partial charge in [-0.1, -0.05) is 23.6 Å². The number of aromatic nitrogens is 2. The van der Waals surface area contributed by atoms with Crippen LogP contribution in [0, 0.1) is 11.8 Å². The molecule has 0 unspecified atom stereocenters. The molecule has 2 aromatic heterocycles. The van der Waals surface area contributed by atoms with Crippen LogP contribution in [0.1, 0.15) is 22.5 Å². The number of carboxylic acid groups (broad SMARTS) is 1. The van der Waals surface area contributed by atoms with Crippen LogP contribution < -0.4 is 0 Å². The van der Waals surface area contributed by atoms with Crippen LogP contribution in [0.2, 0.25) is 5.02 Å². The van der Waals surface area contributed by atoms with Crippen LogP contribution in [-0.4, -0.2) is 26.2 Å². The second kappa shape index (κ2) is 8.17. The van der Waals surface area contributed by atoms with Gasteiger partial charge in [0.05, 0.1) is 22.0 Å². The largest absolute Gasteiger partial charge is 0.481 e. The fraction of sp³-hybridized carbons (Fsp3) is 0.158. The molecule has 1 aromatic carbocycles. The van der Waals surface area contributed by atoms with E-state index in [1.165, 1.54) is 12.1 Å². The number of nitrogens with zero attached hydrogens (tertiary/aromatic N) is 2. The van der Waals surface area contributed by atoms with Crippen molar-refractivity contribution in [2.24, 2.45) is 0 Å². The number of aliphatic carboxylic acids is 1. The molecule has 0 bridgehead atoms. The average molecular weight is 425 g/mol. The minimum Gasteiger partial charge on any atom is -0.481 e. The van der Waals surface area contributed by atoms with Gasteiger partial charge in [-0.15, -0.1) is 11.8 Å². The molecule has 0 saturated carbocycles. The van der Waals surface area contributed by atoms with Crippen molar-refractivity contribution >= 4 is 35.0 Å². The van der Waals surface area contributed by atoms with Crippen molar-refractivity contribution in [1.29, 1.82) is 0 Å². The van der Waals surface area contributed by atoms with Gasteiger partial charge in [0.2, 0.25) is 0 Å². The number of alkyl halides is 3. The first-order valence-corrected chi connectivity index (χ1v) is 9.42. The first-order chi connectivity index (χ1) is 13.2. The molecule has 0 atom stereocenters. The van der Waals surface area contributed by atoms with Gasteiger partial charge in [0, 0.05) is 17.5 Å². The summed E-state index contributed by atoms with van der Waals surface area (Å²) in [5.41, 5.74) is 0.970. The van der Waals surface area contributed by atoms with Crippen LogP contribution in [0.25, 0.3) is 5.65 Å². The summed E-state index contributed by atoms with van der Waals surface area (Å²) in [5.74, 6) is 4.83. The van der Waals surface area contributed by atoms with Crippen LogP contribution >= 0.6 is 23.4 Å². The zero-order chi connectivity index (χ0) is 20.3. The first-order valence-electron chi connectivity index (χ1n) is 7.89. The number of carboxylic acids is 1. The number of halogens is 4. The van der Waals surface area contributed by atoms with Crippen LogP contribution in [0.5, 0.6) is 0 Å². The Morgan fingerprint density at radius 2 is 2.04 bits per heavy atom. The SMILES string of the molecule is O=C(O)CSCc1nc2ccc(Cl)cn2c1C#Cc1cccc(C(F)(F)F)c1. The number of imidazole rings is 1. The van der Waals surface area contributed by atoms with E-state index in [1.54, 1.807) is 22.7 Å². The molecule has 4 nitrogen and oxygen atoms in total. The van der Waals surface area contributed by atoms with Crippen molar-refractivity contribution in [1.82, 2.24) is 9.38 Å². The highest BCUT2D eigenvalue weighted by Gasteiger charge is 2.30. The molecular weight excluding hydrogens is 413 g/mol. The highest BCUT2D eigenvalue weighted by Crippen LogP contribution is 2.29. The summed E-state index contributed by atoms with van der Waals surface area (Å²) in [6.45, 7) is 0. The van der Waals surface area contributed by atoms with Gasteiger partial charge in [0.15, 0.2) is 0 Å². The molecule has 0 saturated heterocycles. The van der Waals surface area contributed by atoms with Gasteiger partial charge in [-0.25, -0.2) is 4.98 Å². The Morgan fingerprint density at radius 3 is 2.75 bits per heavy atom. The predicted molar refractivity (Wildman–Crippen MR) is 101 cm³/mol. The Morgan fingerprint density at radius 1 is 1.25 bits per heavy atom. The Labute approximate surface area is 167 Å². The van der Waals surface area contributed by atoms with E-state index in [2.05, 4.69) is 16.8 Å². The third kappa shape index (κ3) is 4.80. The van der Waals surface area contributed by atoms with E-state index < -0.39 is 17.7 Å². The fourth-order valence-corrected chi connectivity index (χ4v) is 3.27. The summed E-state index contributed by atoms with van der Waals surface area (Å²) < 4.78 is 40.3. The van der Waals surface area contributed by atoms with Gasteiger partial charge in [0.1, 0.15) is 11.3 Å². The van der Waals surface area contributed by atoms with Crippen molar-refractivity contribution in [2.75, 3.05) is 5.75 Å². The standard InChI is InChI=1S/C19H12ClF3N2O2S/c20-14-5-7-17-24-15(10-28-11-18(26)27)16(25(17)9-14)6-4-12-2-1-3-13(8-12)19(21,22)23/h1-3,5,7-9H,10-11H2,(H,26,27). The zero-order valence-corrected chi connectivity index (χ0v) is 15.7. The van der Waals surface area contributed by atoms with Crippen molar-refractivity contribution < 1.29 is 23.1 Å². The van der Waals surface area contributed by atoms with E-state index in [0.29, 0.717) is 22.1 Å². The maximum Gasteiger partial charge on any atom is 0.416 e. The van der Waals surface area contributed by atoms with Crippen LogP contribution in [-0.2, 0) is 16.7 Å². The normalized spacial score (nSPS) is 11.3. The molecule has 0 spiro atoms. The van der Waals surface area contributed by atoms with Crippen LogP contribution in [0.15, 0.2) is 42.6 Å². The van der Waals surface area contributed by atoms with Crippen LogP contribution in [0.4, 0.5) is 13.2 Å². The van der Waals surface area contributed by atoms with E-state index >= 15 is 0 Å². The molecule has 3 rings (SSSR count). The summed E-state index contributed by atoms with van der Waals surface area (Å²) >= 11 is 7.18. The molecular formula is C19H12ClF3N2O2S. The van der Waals surface area contributed by atoms with E-state index in [4.69, 9.17) is 16.7 Å². The monoisotopic (exact) mass is 424 g/mol. The van der Waals surface area contributed by atoms with Gasteiger partial charge in [-0.3, -0.25) is 9.20 Å².